The molecule has 0 aromatic heterocycles. The van der Waals surface area contributed by atoms with Crippen molar-refractivity contribution in [2.24, 2.45) is 0 Å². The van der Waals surface area contributed by atoms with Crippen LogP contribution in [-0.4, -0.2) is 26.5 Å². The summed E-state index contributed by atoms with van der Waals surface area (Å²) >= 11 is 5.74. The van der Waals surface area contributed by atoms with E-state index < -0.39 is 9.84 Å². The molecule has 0 atom stereocenters. The standard InChI is InChI=1S/C14H16ClN3O2S/c15-12-4-6-13(7-5-12)21(19,20)14(10-16)11-17-18-8-2-1-3-9-18/h4-7,11,17H,1-3,8-9H2. The van der Waals surface area contributed by atoms with Crippen molar-refractivity contribution >= 4 is 21.4 Å². The molecule has 1 aliphatic rings. The number of sulfone groups is 1. The summed E-state index contributed by atoms with van der Waals surface area (Å²) in [6, 6.07) is 7.51. The largest absolute Gasteiger partial charge is 0.324 e. The third-order valence-electron chi connectivity index (χ3n) is 3.26. The number of benzene rings is 1. The van der Waals surface area contributed by atoms with Gasteiger partial charge in [-0.05, 0) is 37.1 Å². The maximum Gasteiger partial charge on any atom is 0.218 e. The highest BCUT2D eigenvalue weighted by Crippen LogP contribution is 2.20. The number of allylic oxidation sites excluding steroid dienone is 1. The quantitative estimate of drug-likeness (QED) is 0.861. The number of nitrogens with one attached hydrogen (secondary N) is 1. The van der Waals surface area contributed by atoms with Gasteiger partial charge in [0.25, 0.3) is 0 Å². The molecule has 7 heteroatoms. The van der Waals surface area contributed by atoms with Gasteiger partial charge in [0.05, 0.1) is 4.90 Å². The van der Waals surface area contributed by atoms with Gasteiger partial charge in [-0.2, -0.15) is 5.26 Å². The number of hydrogen-bond acceptors (Lipinski definition) is 5. The van der Waals surface area contributed by atoms with E-state index in [0.29, 0.717) is 5.02 Å². The Morgan fingerprint density at radius 3 is 2.43 bits per heavy atom. The Bertz CT molecular complexity index is 656. The molecule has 112 valence electrons. The van der Waals surface area contributed by atoms with E-state index in [-0.39, 0.29) is 9.80 Å². The van der Waals surface area contributed by atoms with Gasteiger partial charge in [0.1, 0.15) is 6.07 Å². The van der Waals surface area contributed by atoms with Crippen LogP contribution in [0.2, 0.25) is 5.02 Å². The van der Waals surface area contributed by atoms with Crippen LogP contribution in [0.5, 0.6) is 0 Å². The molecular weight excluding hydrogens is 310 g/mol. The molecule has 21 heavy (non-hydrogen) atoms. The van der Waals surface area contributed by atoms with Crippen molar-refractivity contribution in [3.8, 4) is 6.07 Å². The van der Waals surface area contributed by atoms with Gasteiger partial charge < -0.3 is 5.43 Å². The van der Waals surface area contributed by atoms with Gasteiger partial charge in [-0.25, -0.2) is 13.4 Å². The van der Waals surface area contributed by atoms with E-state index >= 15 is 0 Å². The van der Waals surface area contributed by atoms with Gasteiger partial charge in [-0.3, -0.25) is 0 Å². The third-order valence-corrected chi connectivity index (χ3v) is 5.19. The summed E-state index contributed by atoms with van der Waals surface area (Å²) in [5, 5.41) is 11.5. The molecule has 1 aromatic carbocycles. The van der Waals surface area contributed by atoms with Crippen LogP contribution < -0.4 is 5.43 Å². The highest BCUT2D eigenvalue weighted by molar-refractivity contribution is 7.95. The van der Waals surface area contributed by atoms with Crippen molar-refractivity contribution in [3.05, 3.63) is 40.4 Å². The Balaban J connectivity index is 2.19. The van der Waals surface area contributed by atoms with Crippen molar-refractivity contribution in [2.45, 2.75) is 24.2 Å². The maximum atomic E-state index is 12.4. The van der Waals surface area contributed by atoms with Gasteiger partial charge in [0, 0.05) is 24.3 Å². The average Bonchev–Trinajstić information content (AvgIpc) is 2.49. The number of piperidine rings is 1. The van der Waals surface area contributed by atoms with Gasteiger partial charge in [-0.1, -0.05) is 18.0 Å². The van der Waals surface area contributed by atoms with Crippen molar-refractivity contribution in [2.75, 3.05) is 13.1 Å². The SMILES string of the molecule is N#CC(=CNN1CCCCC1)S(=O)(=O)c1ccc(Cl)cc1. The lowest BCUT2D eigenvalue weighted by molar-refractivity contribution is 0.183. The van der Waals surface area contributed by atoms with E-state index in [1.807, 2.05) is 5.01 Å². The normalized spacial score (nSPS) is 17.2. The second-order valence-corrected chi connectivity index (χ2v) is 7.11. The van der Waals surface area contributed by atoms with Gasteiger partial charge in [0.15, 0.2) is 4.91 Å². The summed E-state index contributed by atoms with van der Waals surface area (Å²) in [7, 11) is -3.82. The molecule has 0 radical (unpaired) electrons. The zero-order valence-electron chi connectivity index (χ0n) is 11.4. The Labute approximate surface area is 129 Å². The molecule has 0 bridgehead atoms. The Morgan fingerprint density at radius 2 is 1.86 bits per heavy atom. The molecule has 0 spiro atoms. The Morgan fingerprint density at radius 1 is 1.24 bits per heavy atom. The molecule has 0 aliphatic carbocycles. The molecule has 0 amide bonds. The highest BCUT2D eigenvalue weighted by Gasteiger charge is 2.21. The van der Waals surface area contributed by atoms with Crippen molar-refractivity contribution in [1.29, 1.82) is 5.26 Å². The van der Waals surface area contributed by atoms with Gasteiger partial charge >= 0.3 is 0 Å². The lowest BCUT2D eigenvalue weighted by Crippen LogP contribution is -2.38. The summed E-state index contributed by atoms with van der Waals surface area (Å²) in [5.74, 6) is 0. The fourth-order valence-electron chi connectivity index (χ4n) is 2.08. The minimum absolute atomic E-state index is 0.0557. The van der Waals surface area contributed by atoms with Crippen LogP contribution in [-0.2, 0) is 9.84 Å². The average molecular weight is 326 g/mol. The molecule has 0 saturated carbocycles. The molecule has 0 unspecified atom stereocenters. The summed E-state index contributed by atoms with van der Waals surface area (Å²) in [6.45, 7) is 1.69. The number of nitriles is 1. The predicted molar refractivity (Wildman–Crippen MR) is 80.9 cm³/mol. The molecule has 1 saturated heterocycles. The molecule has 1 aromatic rings. The summed E-state index contributed by atoms with van der Waals surface area (Å²) in [6.07, 6.45) is 4.56. The number of halogens is 1. The van der Waals surface area contributed by atoms with E-state index in [1.165, 1.54) is 36.9 Å². The molecule has 1 fully saturated rings. The van der Waals surface area contributed by atoms with E-state index in [1.54, 1.807) is 6.07 Å². The van der Waals surface area contributed by atoms with Gasteiger partial charge in [0.2, 0.25) is 9.84 Å². The van der Waals surface area contributed by atoms with Crippen molar-refractivity contribution < 1.29 is 8.42 Å². The van der Waals surface area contributed by atoms with Crippen LogP contribution >= 0.6 is 11.6 Å². The molecule has 5 nitrogen and oxygen atoms in total. The molecular formula is C14H16ClN3O2S. The van der Waals surface area contributed by atoms with Crippen LogP contribution in [0.1, 0.15) is 19.3 Å². The summed E-state index contributed by atoms with van der Waals surface area (Å²) < 4.78 is 24.7. The fourth-order valence-corrected chi connectivity index (χ4v) is 3.29. The zero-order valence-corrected chi connectivity index (χ0v) is 13.0. The molecule has 2 rings (SSSR count). The van der Waals surface area contributed by atoms with Crippen molar-refractivity contribution in [3.63, 3.8) is 0 Å². The number of nitrogens with zero attached hydrogens (tertiary/aromatic N) is 2. The first-order valence-corrected chi connectivity index (χ1v) is 8.52. The highest BCUT2D eigenvalue weighted by atomic mass is 35.5. The fraction of sp³-hybridized carbons (Fsp3) is 0.357. The van der Waals surface area contributed by atoms with E-state index in [2.05, 4.69) is 5.43 Å². The predicted octanol–water partition coefficient (Wildman–Crippen LogP) is 2.47. The smallest absolute Gasteiger partial charge is 0.218 e. The lowest BCUT2D eigenvalue weighted by Gasteiger charge is -2.26. The number of hydrogen-bond donors (Lipinski definition) is 1. The maximum absolute atomic E-state index is 12.4. The first-order chi connectivity index (χ1) is 10.0. The third kappa shape index (κ3) is 3.97. The topological polar surface area (TPSA) is 73.2 Å². The summed E-state index contributed by atoms with van der Waals surface area (Å²) in [4.78, 5) is -0.254. The molecule has 1 heterocycles. The van der Waals surface area contributed by atoms with Crippen LogP contribution in [0.4, 0.5) is 0 Å². The van der Waals surface area contributed by atoms with E-state index in [9.17, 15) is 8.42 Å². The minimum atomic E-state index is -3.82. The first kappa shape index (κ1) is 15.8. The second-order valence-electron chi connectivity index (χ2n) is 4.75. The Hall–Kier alpha value is -1.55. The van der Waals surface area contributed by atoms with Crippen LogP contribution in [0.25, 0.3) is 0 Å². The minimum Gasteiger partial charge on any atom is -0.324 e. The van der Waals surface area contributed by atoms with Crippen LogP contribution in [0, 0.1) is 11.3 Å². The monoisotopic (exact) mass is 325 g/mol. The van der Waals surface area contributed by atoms with E-state index in [0.717, 1.165) is 25.9 Å². The first-order valence-electron chi connectivity index (χ1n) is 6.66. The number of rotatable bonds is 4. The van der Waals surface area contributed by atoms with Gasteiger partial charge in [-0.15, -0.1) is 0 Å². The van der Waals surface area contributed by atoms with Crippen molar-refractivity contribution in [1.82, 2.24) is 10.4 Å². The number of hydrazine groups is 1. The molecule has 1 N–H and O–H groups in total. The molecule has 1 aliphatic heterocycles. The van der Waals surface area contributed by atoms with Crippen LogP contribution in [0.15, 0.2) is 40.3 Å². The Kier molecular flexibility index (Phi) is 5.23. The summed E-state index contributed by atoms with van der Waals surface area (Å²) in [5.41, 5.74) is 2.90. The second kappa shape index (κ2) is 6.94. The zero-order chi connectivity index (χ0) is 15.3. The van der Waals surface area contributed by atoms with E-state index in [4.69, 9.17) is 16.9 Å². The van der Waals surface area contributed by atoms with Crippen LogP contribution in [0.3, 0.4) is 0 Å². The lowest BCUT2D eigenvalue weighted by atomic mass is 10.2.